The molecular weight excluding hydrogens is 222 g/mol. The topological polar surface area (TPSA) is 52.5 Å². The Bertz CT molecular complexity index is 750. The van der Waals surface area contributed by atoms with E-state index in [4.69, 9.17) is 0 Å². The second kappa shape index (κ2) is 3.75. The Kier molecular flexibility index (Phi) is 2.21. The summed E-state index contributed by atoms with van der Waals surface area (Å²) in [6, 6.07) is 12.6. The van der Waals surface area contributed by atoms with Gasteiger partial charge in [-0.2, -0.15) is 10.5 Å². The van der Waals surface area contributed by atoms with Gasteiger partial charge >= 0.3 is 0 Å². The SMILES string of the molecule is Cn1c2c(c3ccccc31)C(C#N)=CCC2C#N. The van der Waals surface area contributed by atoms with Crippen molar-refractivity contribution in [2.24, 2.45) is 7.05 Å². The largest absolute Gasteiger partial charge is 0.346 e. The van der Waals surface area contributed by atoms with Crippen molar-refractivity contribution in [3.63, 3.8) is 0 Å². The fourth-order valence-electron chi connectivity index (χ4n) is 2.77. The van der Waals surface area contributed by atoms with Crippen LogP contribution in [-0.4, -0.2) is 4.57 Å². The van der Waals surface area contributed by atoms with Crippen molar-refractivity contribution in [2.45, 2.75) is 12.3 Å². The van der Waals surface area contributed by atoms with Crippen molar-refractivity contribution >= 4 is 16.5 Å². The number of benzene rings is 1. The number of fused-ring (bicyclic) bond motifs is 3. The number of rotatable bonds is 0. The van der Waals surface area contributed by atoms with Gasteiger partial charge in [-0.05, 0) is 12.5 Å². The predicted molar refractivity (Wildman–Crippen MR) is 69.5 cm³/mol. The number of allylic oxidation sites excluding steroid dienone is 2. The molecule has 1 aromatic carbocycles. The molecule has 0 saturated carbocycles. The average molecular weight is 233 g/mol. The van der Waals surface area contributed by atoms with Gasteiger partial charge in [-0.15, -0.1) is 0 Å². The molecule has 0 N–H and O–H groups in total. The summed E-state index contributed by atoms with van der Waals surface area (Å²) in [5, 5.41) is 19.6. The van der Waals surface area contributed by atoms with Gasteiger partial charge in [0.1, 0.15) is 0 Å². The third kappa shape index (κ3) is 1.22. The van der Waals surface area contributed by atoms with Gasteiger partial charge in [-0.1, -0.05) is 24.3 Å². The third-order valence-corrected chi connectivity index (χ3v) is 3.59. The maximum Gasteiger partial charge on any atom is 0.0995 e. The van der Waals surface area contributed by atoms with Crippen LogP contribution < -0.4 is 0 Å². The molecule has 3 nitrogen and oxygen atoms in total. The lowest BCUT2D eigenvalue weighted by Crippen LogP contribution is -2.08. The zero-order valence-corrected chi connectivity index (χ0v) is 10.0. The van der Waals surface area contributed by atoms with Crippen molar-refractivity contribution in [3.8, 4) is 12.1 Å². The van der Waals surface area contributed by atoms with Gasteiger partial charge in [0.2, 0.25) is 0 Å². The summed E-state index contributed by atoms with van der Waals surface area (Å²) in [5.41, 5.74) is 3.67. The normalized spacial score (nSPS) is 17.7. The highest BCUT2D eigenvalue weighted by molar-refractivity contribution is 5.99. The van der Waals surface area contributed by atoms with Gasteiger partial charge in [0.05, 0.1) is 23.6 Å². The molecule has 1 aromatic heterocycles. The molecule has 3 heteroatoms. The molecule has 0 radical (unpaired) electrons. The standard InChI is InChI=1S/C15H11N3/c1-18-13-5-3-2-4-12(13)14-10(8-16)6-7-11(9-17)15(14)18/h2-6,11H,7H2,1H3. The third-order valence-electron chi connectivity index (χ3n) is 3.59. The van der Waals surface area contributed by atoms with Crippen molar-refractivity contribution in [1.82, 2.24) is 4.57 Å². The van der Waals surface area contributed by atoms with E-state index in [1.807, 2.05) is 42.0 Å². The maximum absolute atomic E-state index is 9.27. The zero-order chi connectivity index (χ0) is 12.7. The minimum absolute atomic E-state index is 0.158. The van der Waals surface area contributed by atoms with Crippen LogP contribution in [0.25, 0.3) is 16.5 Å². The van der Waals surface area contributed by atoms with Crippen molar-refractivity contribution in [2.75, 3.05) is 0 Å². The quantitative estimate of drug-likeness (QED) is 0.702. The fourth-order valence-corrected chi connectivity index (χ4v) is 2.77. The molecule has 86 valence electrons. The summed E-state index contributed by atoms with van der Waals surface area (Å²) in [4.78, 5) is 0. The van der Waals surface area contributed by atoms with E-state index in [1.165, 1.54) is 0 Å². The van der Waals surface area contributed by atoms with Gasteiger partial charge in [-0.3, -0.25) is 0 Å². The van der Waals surface area contributed by atoms with Gasteiger partial charge < -0.3 is 4.57 Å². The Morgan fingerprint density at radius 3 is 2.78 bits per heavy atom. The van der Waals surface area contributed by atoms with Crippen molar-refractivity contribution < 1.29 is 0 Å². The Labute approximate surface area is 105 Å². The number of nitriles is 2. The lowest BCUT2D eigenvalue weighted by Gasteiger charge is -2.16. The minimum Gasteiger partial charge on any atom is -0.346 e. The molecule has 0 fully saturated rings. The monoisotopic (exact) mass is 233 g/mol. The molecule has 0 amide bonds. The number of hydrogen-bond donors (Lipinski definition) is 0. The van der Waals surface area contributed by atoms with Crippen molar-refractivity contribution in [3.05, 3.63) is 41.6 Å². The van der Waals surface area contributed by atoms with Crippen LogP contribution in [0, 0.1) is 22.7 Å². The van der Waals surface area contributed by atoms with Crippen LogP contribution in [0.5, 0.6) is 0 Å². The summed E-state index contributed by atoms with van der Waals surface area (Å²) >= 11 is 0. The highest BCUT2D eigenvalue weighted by Gasteiger charge is 2.27. The lowest BCUT2D eigenvalue weighted by molar-refractivity contribution is 0.758. The first kappa shape index (κ1) is 10.6. The Morgan fingerprint density at radius 2 is 2.06 bits per heavy atom. The smallest absolute Gasteiger partial charge is 0.0995 e. The first-order valence-electron chi connectivity index (χ1n) is 5.85. The first-order chi connectivity index (χ1) is 8.77. The number of para-hydroxylation sites is 1. The van der Waals surface area contributed by atoms with Crippen LogP contribution in [-0.2, 0) is 7.05 Å². The van der Waals surface area contributed by atoms with E-state index >= 15 is 0 Å². The predicted octanol–water partition coefficient (Wildman–Crippen LogP) is 3.10. The molecule has 1 atom stereocenters. The molecule has 3 rings (SSSR count). The molecule has 0 aliphatic heterocycles. The molecule has 0 saturated heterocycles. The summed E-state index contributed by atoms with van der Waals surface area (Å²) in [6.07, 6.45) is 2.50. The molecule has 1 aliphatic carbocycles. The Balaban J connectivity index is 2.47. The van der Waals surface area contributed by atoms with E-state index in [9.17, 15) is 10.5 Å². The molecule has 1 heterocycles. The summed E-state index contributed by atoms with van der Waals surface area (Å²) in [5.74, 6) is -0.158. The number of aromatic nitrogens is 1. The maximum atomic E-state index is 9.27. The van der Waals surface area contributed by atoms with E-state index in [0.717, 1.165) is 22.2 Å². The molecule has 1 aliphatic rings. The second-order valence-electron chi connectivity index (χ2n) is 4.48. The summed E-state index contributed by atoms with van der Waals surface area (Å²) < 4.78 is 2.04. The van der Waals surface area contributed by atoms with Crippen LogP contribution in [0.2, 0.25) is 0 Å². The molecule has 0 spiro atoms. The van der Waals surface area contributed by atoms with Crippen molar-refractivity contribution in [1.29, 1.82) is 10.5 Å². The Hall–Kier alpha value is -2.52. The van der Waals surface area contributed by atoms with E-state index in [2.05, 4.69) is 12.1 Å². The van der Waals surface area contributed by atoms with Crippen LogP contribution in [0.4, 0.5) is 0 Å². The van der Waals surface area contributed by atoms with Gasteiger partial charge in [0.15, 0.2) is 0 Å². The summed E-state index contributed by atoms with van der Waals surface area (Å²) in [6.45, 7) is 0. The first-order valence-corrected chi connectivity index (χ1v) is 5.85. The molecule has 1 unspecified atom stereocenters. The lowest BCUT2D eigenvalue weighted by atomic mass is 9.88. The molecular formula is C15H11N3. The van der Waals surface area contributed by atoms with Gasteiger partial charge in [0, 0.05) is 29.2 Å². The van der Waals surface area contributed by atoms with E-state index in [0.29, 0.717) is 12.0 Å². The molecule has 18 heavy (non-hydrogen) atoms. The highest BCUT2D eigenvalue weighted by Crippen LogP contribution is 2.40. The van der Waals surface area contributed by atoms with Crippen LogP contribution in [0.1, 0.15) is 23.6 Å². The van der Waals surface area contributed by atoms with Crippen LogP contribution in [0.3, 0.4) is 0 Å². The number of aryl methyl sites for hydroxylation is 1. The highest BCUT2D eigenvalue weighted by atomic mass is 15.0. The Morgan fingerprint density at radius 1 is 1.28 bits per heavy atom. The van der Waals surface area contributed by atoms with Crippen LogP contribution in [0.15, 0.2) is 30.3 Å². The fraction of sp³-hybridized carbons (Fsp3) is 0.200. The number of nitrogens with zero attached hydrogens (tertiary/aromatic N) is 3. The van der Waals surface area contributed by atoms with E-state index in [1.54, 1.807) is 0 Å². The average Bonchev–Trinajstić information content (AvgIpc) is 2.73. The summed E-state index contributed by atoms with van der Waals surface area (Å²) in [7, 11) is 1.96. The van der Waals surface area contributed by atoms with Gasteiger partial charge in [0.25, 0.3) is 0 Å². The minimum atomic E-state index is -0.158. The van der Waals surface area contributed by atoms with E-state index < -0.39 is 0 Å². The van der Waals surface area contributed by atoms with Gasteiger partial charge in [-0.25, -0.2) is 0 Å². The van der Waals surface area contributed by atoms with Crippen LogP contribution >= 0.6 is 0 Å². The molecule has 0 bridgehead atoms. The zero-order valence-electron chi connectivity index (χ0n) is 10.0. The molecule has 2 aromatic rings. The number of hydrogen-bond acceptors (Lipinski definition) is 2. The second-order valence-corrected chi connectivity index (χ2v) is 4.48. The van der Waals surface area contributed by atoms with E-state index in [-0.39, 0.29) is 5.92 Å².